The number of aromatic nitrogens is 2. The summed E-state index contributed by atoms with van der Waals surface area (Å²) in [4.78, 5) is 23.6. The summed E-state index contributed by atoms with van der Waals surface area (Å²) >= 11 is 0. The summed E-state index contributed by atoms with van der Waals surface area (Å²) < 4.78 is 49.6. The van der Waals surface area contributed by atoms with E-state index in [1.54, 1.807) is 7.11 Å². The predicted octanol–water partition coefficient (Wildman–Crippen LogP) is 5.03. The molecule has 1 N–H and O–H groups in total. The van der Waals surface area contributed by atoms with Crippen molar-refractivity contribution in [3.8, 4) is 22.8 Å². The van der Waals surface area contributed by atoms with Crippen LogP contribution in [0.2, 0.25) is 0 Å². The van der Waals surface area contributed by atoms with Gasteiger partial charge in [-0.05, 0) is 55.3 Å². The van der Waals surface area contributed by atoms with Crippen molar-refractivity contribution in [1.29, 1.82) is 0 Å². The fraction of sp³-hybridized carbons (Fsp3) is 0.320. The van der Waals surface area contributed by atoms with Crippen LogP contribution in [0.15, 0.2) is 54.9 Å². The molecule has 0 radical (unpaired) electrons. The molecular weight excluding hydrogens is 461 g/mol. The Hall–Kier alpha value is -3.82. The number of ether oxygens (including phenoxy) is 2. The summed E-state index contributed by atoms with van der Waals surface area (Å²) in [5.74, 6) is 1.02. The fourth-order valence-electron chi connectivity index (χ4n) is 4.03. The molecule has 4 rings (SSSR count). The molecule has 35 heavy (non-hydrogen) atoms. The van der Waals surface area contributed by atoms with Gasteiger partial charge in [-0.2, -0.15) is 13.2 Å². The molecule has 10 heteroatoms. The first kappa shape index (κ1) is 24.3. The Balaban J connectivity index is 1.41. The molecule has 0 aliphatic carbocycles. The van der Waals surface area contributed by atoms with Crippen molar-refractivity contribution >= 4 is 17.4 Å². The van der Waals surface area contributed by atoms with Crippen LogP contribution in [0.1, 0.15) is 18.4 Å². The highest BCUT2D eigenvalue weighted by Gasteiger charge is 2.32. The van der Waals surface area contributed by atoms with Crippen LogP contribution in [0.4, 0.5) is 24.7 Å². The number of hydrogen-bond donors (Lipinski definition) is 1. The van der Waals surface area contributed by atoms with Gasteiger partial charge in [-0.15, -0.1) is 0 Å². The fourth-order valence-corrected chi connectivity index (χ4v) is 4.03. The summed E-state index contributed by atoms with van der Waals surface area (Å²) in [5, 5.41) is 2.62. The number of anilines is 2. The van der Waals surface area contributed by atoms with Gasteiger partial charge < -0.3 is 19.7 Å². The van der Waals surface area contributed by atoms with E-state index in [0.29, 0.717) is 25.9 Å². The van der Waals surface area contributed by atoms with Gasteiger partial charge in [0.25, 0.3) is 0 Å². The molecule has 1 amide bonds. The Bertz CT molecular complexity index is 1180. The number of methoxy groups -OCH3 is 2. The third-order valence-electron chi connectivity index (χ3n) is 6.01. The molecule has 184 valence electrons. The third kappa shape index (κ3) is 5.64. The second-order valence-electron chi connectivity index (χ2n) is 8.15. The number of benzene rings is 2. The molecule has 2 heterocycles. The standard InChI is InChI=1S/C25H25F3N4O3/c1-34-19-6-3-16(4-7-19)20-14-23(30-15-29-20)32-11-9-17(10-12-32)24(33)31-21-13-18(25(26,27)28)5-8-22(21)35-2/h3-8,13-15,17H,9-12H2,1-2H3,(H,31,33). The van der Waals surface area contributed by atoms with E-state index in [2.05, 4.69) is 20.2 Å². The molecule has 0 bridgehead atoms. The molecule has 0 spiro atoms. The van der Waals surface area contributed by atoms with Crippen molar-refractivity contribution in [3.63, 3.8) is 0 Å². The second kappa shape index (κ2) is 10.2. The van der Waals surface area contributed by atoms with E-state index in [4.69, 9.17) is 9.47 Å². The number of amides is 1. The zero-order valence-corrected chi connectivity index (χ0v) is 19.3. The Morgan fingerprint density at radius 1 is 1.00 bits per heavy atom. The van der Waals surface area contributed by atoms with Gasteiger partial charge in [-0.3, -0.25) is 4.79 Å². The number of hydrogen-bond acceptors (Lipinski definition) is 6. The maximum atomic E-state index is 13.1. The van der Waals surface area contributed by atoms with Crippen molar-refractivity contribution in [2.75, 3.05) is 37.5 Å². The SMILES string of the molecule is COc1ccc(-c2cc(N3CCC(C(=O)Nc4cc(C(F)(F)F)ccc4OC)CC3)ncn2)cc1. The quantitative estimate of drug-likeness (QED) is 0.527. The summed E-state index contributed by atoms with van der Waals surface area (Å²) in [6.07, 6.45) is -1.93. The third-order valence-corrected chi connectivity index (χ3v) is 6.01. The molecular formula is C25H25F3N4O3. The number of alkyl halides is 3. The first-order valence-electron chi connectivity index (χ1n) is 11.1. The lowest BCUT2D eigenvalue weighted by molar-refractivity contribution is -0.137. The van der Waals surface area contributed by atoms with E-state index in [-0.39, 0.29) is 23.3 Å². The number of carbonyl (C=O) groups excluding carboxylic acids is 1. The maximum absolute atomic E-state index is 13.1. The van der Waals surface area contributed by atoms with Crippen molar-refractivity contribution in [3.05, 3.63) is 60.4 Å². The number of nitrogens with one attached hydrogen (secondary N) is 1. The second-order valence-corrected chi connectivity index (χ2v) is 8.15. The molecule has 7 nitrogen and oxygen atoms in total. The van der Waals surface area contributed by atoms with Crippen LogP contribution in [0.25, 0.3) is 11.3 Å². The van der Waals surface area contributed by atoms with Crippen LogP contribution in [0, 0.1) is 5.92 Å². The minimum absolute atomic E-state index is 0.00897. The molecule has 1 aliphatic rings. The number of carbonyl (C=O) groups is 1. The van der Waals surface area contributed by atoms with Crippen LogP contribution >= 0.6 is 0 Å². The average Bonchev–Trinajstić information content (AvgIpc) is 2.88. The number of halogens is 3. The van der Waals surface area contributed by atoms with Gasteiger partial charge in [0.2, 0.25) is 5.91 Å². The van der Waals surface area contributed by atoms with Gasteiger partial charge in [0.05, 0.1) is 31.2 Å². The molecule has 1 saturated heterocycles. The van der Waals surface area contributed by atoms with E-state index in [9.17, 15) is 18.0 Å². The van der Waals surface area contributed by atoms with Crippen molar-refractivity contribution in [1.82, 2.24) is 9.97 Å². The molecule has 0 atom stereocenters. The largest absolute Gasteiger partial charge is 0.497 e. The zero-order valence-electron chi connectivity index (χ0n) is 19.3. The normalized spacial score (nSPS) is 14.5. The molecule has 1 fully saturated rings. The molecule has 0 saturated carbocycles. The molecule has 1 aliphatic heterocycles. The van der Waals surface area contributed by atoms with Gasteiger partial charge >= 0.3 is 6.18 Å². The Labute approximate surface area is 200 Å². The van der Waals surface area contributed by atoms with Crippen molar-refractivity contribution in [2.45, 2.75) is 19.0 Å². The minimum Gasteiger partial charge on any atom is -0.497 e. The van der Waals surface area contributed by atoms with Crippen molar-refractivity contribution < 1.29 is 27.4 Å². The van der Waals surface area contributed by atoms with Gasteiger partial charge in [0.15, 0.2) is 0 Å². The summed E-state index contributed by atoms with van der Waals surface area (Å²) in [6.45, 7) is 1.16. The predicted molar refractivity (Wildman–Crippen MR) is 126 cm³/mol. The lowest BCUT2D eigenvalue weighted by Gasteiger charge is -2.32. The smallest absolute Gasteiger partial charge is 0.416 e. The topological polar surface area (TPSA) is 76.6 Å². The van der Waals surface area contributed by atoms with Crippen LogP contribution in [-0.4, -0.2) is 43.2 Å². The summed E-state index contributed by atoms with van der Waals surface area (Å²) in [6, 6.07) is 12.5. The van der Waals surface area contributed by atoms with E-state index in [0.717, 1.165) is 35.0 Å². The molecule has 0 unspecified atom stereocenters. The molecule has 2 aromatic carbocycles. The average molecular weight is 486 g/mol. The zero-order chi connectivity index (χ0) is 25.0. The monoisotopic (exact) mass is 486 g/mol. The Morgan fingerprint density at radius 2 is 1.71 bits per heavy atom. The van der Waals surface area contributed by atoms with Gasteiger partial charge in [0, 0.05) is 30.6 Å². The van der Waals surface area contributed by atoms with E-state index < -0.39 is 11.7 Å². The first-order valence-corrected chi connectivity index (χ1v) is 11.1. The first-order chi connectivity index (χ1) is 16.8. The lowest BCUT2D eigenvalue weighted by Crippen LogP contribution is -2.38. The van der Waals surface area contributed by atoms with Crippen LogP contribution in [0.3, 0.4) is 0 Å². The maximum Gasteiger partial charge on any atom is 0.416 e. The van der Waals surface area contributed by atoms with E-state index in [1.807, 2.05) is 30.3 Å². The Morgan fingerprint density at radius 3 is 2.34 bits per heavy atom. The van der Waals surface area contributed by atoms with Crippen LogP contribution < -0.4 is 19.7 Å². The highest BCUT2D eigenvalue weighted by molar-refractivity contribution is 5.94. The van der Waals surface area contributed by atoms with E-state index >= 15 is 0 Å². The van der Waals surface area contributed by atoms with Crippen LogP contribution in [-0.2, 0) is 11.0 Å². The van der Waals surface area contributed by atoms with Crippen molar-refractivity contribution in [2.24, 2.45) is 5.92 Å². The summed E-state index contributed by atoms with van der Waals surface area (Å²) in [7, 11) is 2.95. The number of piperidine rings is 1. The van der Waals surface area contributed by atoms with Gasteiger partial charge in [0.1, 0.15) is 23.6 Å². The molecule has 3 aromatic rings. The highest BCUT2D eigenvalue weighted by Crippen LogP contribution is 2.35. The van der Waals surface area contributed by atoms with E-state index in [1.165, 1.54) is 19.5 Å². The van der Waals surface area contributed by atoms with Crippen LogP contribution in [0.5, 0.6) is 11.5 Å². The number of nitrogens with zero attached hydrogens (tertiary/aromatic N) is 3. The van der Waals surface area contributed by atoms with Gasteiger partial charge in [-0.25, -0.2) is 9.97 Å². The van der Waals surface area contributed by atoms with Gasteiger partial charge in [-0.1, -0.05) is 0 Å². The number of rotatable bonds is 6. The Kier molecular flexibility index (Phi) is 7.09. The highest BCUT2D eigenvalue weighted by atomic mass is 19.4. The minimum atomic E-state index is -4.51. The summed E-state index contributed by atoms with van der Waals surface area (Å²) in [5.41, 5.74) is 0.863. The lowest BCUT2D eigenvalue weighted by atomic mass is 9.95. The molecule has 1 aromatic heterocycles.